The topological polar surface area (TPSA) is 87.5 Å². The van der Waals surface area contributed by atoms with Crippen LogP contribution in [0.25, 0.3) is 0 Å². The summed E-state index contributed by atoms with van der Waals surface area (Å²) in [6.07, 6.45) is 8.84. The lowest BCUT2D eigenvalue weighted by Gasteiger charge is -2.23. The molecule has 6 nitrogen and oxygen atoms in total. The van der Waals surface area contributed by atoms with Crippen molar-refractivity contribution in [2.45, 2.75) is 62.8 Å². The highest BCUT2D eigenvalue weighted by Crippen LogP contribution is 2.38. The average molecular weight is 441 g/mol. The number of carbonyl (C=O) groups is 1. The van der Waals surface area contributed by atoms with Gasteiger partial charge in [0.1, 0.15) is 0 Å². The number of amides is 2. The lowest BCUT2D eigenvalue weighted by atomic mass is 9.99. The number of hydrogen-bond donors (Lipinski definition) is 4. The van der Waals surface area contributed by atoms with Gasteiger partial charge in [0.15, 0.2) is 0 Å². The van der Waals surface area contributed by atoms with E-state index >= 15 is 0 Å². The minimum atomic E-state index is -3.51. The molecule has 4 N–H and O–H groups in total. The molecule has 7 heteroatoms. The van der Waals surface area contributed by atoms with Gasteiger partial charge in [-0.05, 0) is 104 Å². The smallest absolute Gasteiger partial charge is 0.307 e. The van der Waals surface area contributed by atoms with Crippen LogP contribution >= 0.6 is 0 Å². The van der Waals surface area contributed by atoms with Crippen LogP contribution in [0.5, 0.6) is 0 Å². The Morgan fingerprint density at radius 1 is 0.935 bits per heavy atom. The summed E-state index contributed by atoms with van der Waals surface area (Å²) in [6.45, 7) is 3.16. The summed E-state index contributed by atoms with van der Waals surface area (Å²) in [6, 6.07) is 9.33. The molecule has 166 valence electrons. The number of urea groups is 1. The van der Waals surface area contributed by atoms with Crippen molar-refractivity contribution in [2.75, 3.05) is 18.4 Å². The molecule has 0 unspecified atom stereocenters. The minimum absolute atomic E-state index is 0.469. The summed E-state index contributed by atoms with van der Waals surface area (Å²) in [5.41, 5.74) is 7.29. The summed E-state index contributed by atoms with van der Waals surface area (Å²) >= 11 is 0. The summed E-state index contributed by atoms with van der Waals surface area (Å²) < 4.78 is 15.7. The highest BCUT2D eigenvalue weighted by atomic mass is 32.3. The van der Waals surface area contributed by atoms with Crippen LogP contribution in [0.4, 0.5) is 10.5 Å². The van der Waals surface area contributed by atoms with Crippen LogP contribution in [0, 0.1) is 0 Å². The van der Waals surface area contributed by atoms with Gasteiger partial charge in [0.25, 0.3) is 0 Å². The zero-order valence-corrected chi connectivity index (χ0v) is 18.8. The molecule has 1 heterocycles. The third-order valence-electron chi connectivity index (χ3n) is 6.90. The van der Waals surface area contributed by atoms with E-state index in [2.05, 4.69) is 21.0 Å². The number of fused-ring (bicyclic) bond motifs is 2. The molecule has 0 spiro atoms. The molecule has 0 bridgehead atoms. The predicted molar refractivity (Wildman–Crippen MR) is 126 cm³/mol. The quantitative estimate of drug-likeness (QED) is 0.538. The number of nitrogens with zero attached hydrogens (tertiary/aromatic N) is 1. The fourth-order valence-electron chi connectivity index (χ4n) is 5.35. The van der Waals surface area contributed by atoms with Crippen molar-refractivity contribution in [3.8, 4) is 0 Å². The zero-order valence-electron chi connectivity index (χ0n) is 18.0. The van der Waals surface area contributed by atoms with Crippen LogP contribution in [0.1, 0.15) is 53.5 Å². The molecule has 0 saturated carbocycles. The molecule has 31 heavy (non-hydrogen) atoms. The number of likely N-dealkylation sites (tertiary alicyclic amines) is 1. The van der Waals surface area contributed by atoms with Crippen LogP contribution in [0.2, 0.25) is 0 Å². The second kappa shape index (κ2) is 8.37. The SMILES string of the molecule is N[SH](=O)(NC(=O)Nc1c2c(cc3c1CCC3)CCC2)c1ccc(CN2CCCC2)cc1. The fourth-order valence-corrected chi connectivity index (χ4v) is 6.42. The van der Waals surface area contributed by atoms with Crippen molar-refractivity contribution in [1.82, 2.24) is 9.62 Å². The lowest BCUT2D eigenvalue weighted by molar-refractivity contribution is 0.256. The van der Waals surface area contributed by atoms with E-state index in [-0.39, 0.29) is 0 Å². The third-order valence-corrected chi connectivity index (χ3v) is 8.50. The minimum Gasteiger partial charge on any atom is -0.307 e. The van der Waals surface area contributed by atoms with Gasteiger partial charge in [0.2, 0.25) is 0 Å². The van der Waals surface area contributed by atoms with Crippen molar-refractivity contribution in [1.29, 1.82) is 0 Å². The molecule has 2 aromatic carbocycles. The molecule has 2 aliphatic carbocycles. The van der Waals surface area contributed by atoms with E-state index in [0.29, 0.717) is 4.90 Å². The van der Waals surface area contributed by atoms with Crippen LogP contribution in [0.3, 0.4) is 0 Å². The molecule has 0 radical (unpaired) electrons. The first-order valence-corrected chi connectivity index (χ1v) is 13.2. The molecule has 2 aromatic rings. The maximum Gasteiger partial charge on any atom is 0.330 e. The average Bonchev–Trinajstić information content (AvgIpc) is 3.49. The monoisotopic (exact) mass is 440 g/mol. The highest BCUT2D eigenvalue weighted by Gasteiger charge is 2.26. The number of hydrogen-bond acceptors (Lipinski definition) is 3. The van der Waals surface area contributed by atoms with Crippen LogP contribution in [-0.4, -0.2) is 28.2 Å². The molecule has 0 atom stereocenters. The van der Waals surface area contributed by atoms with Gasteiger partial charge in [-0.3, -0.25) is 14.8 Å². The fraction of sp³-hybridized carbons (Fsp3) is 0.458. The number of aryl methyl sites for hydroxylation is 2. The number of thiol groups is 1. The standard InChI is InChI=1S/C24H32N4O2S/c25-31(30,20-11-9-17(10-12-20)16-28-13-1-2-14-28)27-24(29)26-23-21-7-3-5-18(21)15-19-6-4-8-22(19)23/h9-12,15,31H,1-8,13-14,16H2,(H4,25,26,27,29,30). The molecule has 2 amide bonds. The Labute approximate surface area is 185 Å². The second-order valence-corrected chi connectivity index (χ2v) is 11.2. The first-order valence-electron chi connectivity index (χ1n) is 11.5. The van der Waals surface area contributed by atoms with Gasteiger partial charge in [-0.2, -0.15) is 0 Å². The van der Waals surface area contributed by atoms with E-state index in [1.54, 1.807) is 12.1 Å². The van der Waals surface area contributed by atoms with Crippen molar-refractivity contribution in [2.24, 2.45) is 5.14 Å². The van der Waals surface area contributed by atoms with Crippen molar-refractivity contribution in [3.05, 3.63) is 58.1 Å². The van der Waals surface area contributed by atoms with E-state index in [0.717, 1.165) is 63.8 Å². The Bertz CT molecular complexity index is 1010. The Morgan fingerprint density at radius 3 is 2.16 bits per heavy atom. The number of nitrogens with two attached hydrogens (primary N) is 1. The molecular formula is C24H32N4O2S. The summed E-state index contributed by atoms with van der Waals surface area (Å²) in [5, 5.41) is 9.12. The van der Waals surface area contributed by atoms with E-state index < -0.39 is 16.3 Å². The van der Waals surface area contributed by atoms with Crippen LogP contribution < -0.4 is 15.2 Å². The first-order chi connectivity index (χ1) is 15.0. The van der Waals surface area contributed by atoms with Gasteiger partial charge in [-0.25, -0.2) is 9.00 Å². The first kappa shape index (κ1) is 20.7. The Hall–Kier alpha value is -2.22. The molecule has 1 saturated heterocycles. The normalized spacial score (nSPS) is 18.6. The highest BCUT2D eigenvalue weighted by molar-refractivity contribution is 7.99. The van der Waals surface area contributed by atoms with Crippen LogP contribution in [-0.2, 0) is 42.5 Å². The maximum atomic E-state index is 13.1. The molecule has 1 aliphatic heterocycles. The Balaban J connectivity index is 1.29. The lowest BCUT2D eigenvalue weighted by Crippen LogP contribution is -2.45. The Kier molecular flexibility index (Phi) is 5.58. The number of benzene rings is 2. The zero-order chi connectivity index (χ0) is 21.4. The van der Waals surface area contributed by atoms with E-state index in [4.69, 9.17) is 5.14 Å². The number of rotatable bonds is 5. The molecule has 1 fully saturated rings. The van der Waals surface area contributed by atoms with Crippen molar-refractivity contribution in [3.63, 3.8) is 0 Å². The summed E-state index contributed by atoms with van der Waals surface area (Å²) in [4.78, 5) is 15.7. The molecule has 3 aliphatic rings. The predicted octanol–water partition coefficient (Wildman–Crippen LogP) is 3.25. The third kappa shape index (κ3) is 4.27. The summed E-state index contributed by atoms with van der Waals surface area (Å²) in [7, 11) is -3.51. The second-order valence-electron chi connectivity index (χ2n) is 9.11. The number of nitrogens with one attached hydrogen (secondary N) is 2. The van der Waals surface area contributed by atoms with Crippen LogP contribution in [0.15, 0.2) is 35.2 Å². The van der Waals surface area contributed by atoms with Gasteiger partial charge < -0.3 is 5.32 Å². The van der Waals surface area contributed by atoms with Crippen molar-refractivity contribution >= 4 is 22.0 Å². The van der Waals surface area contributed by atoms with E-state index in [1.165, 1.54) is 40.7 Å². The Morgan fingerprint density at radius 2 is 1.55 bits per heavy atom. The van der Waals surface area contributed by atoms with Gasteiger partial charge in [-0.15, -0.1) is 0 Å². The molecule has 5 rings (SSSR count). The largest absolute Gasteiger partial charge is 0.330 e. The van der Waals surface area contributed by atoms with E-state index in [1.807, 2.05) is 12.1 Å². The van der Waals surface area contributed by atoms with Gasteiger partial charge >= 0.3 is 6.03 Å². The maximum absolute atomic E-state index is 13.1. The van der Waals surface area contributed by atoms with Gasteiger partial charge in [-0.1, -0.05) is 18.2 Å². The molecule has 0 aromatic heterocycles. The summed E-state index contributed by atoms with van der Waals surface area (Å²) in [5.74, 6) is 0. The van der Waals surface area contributed by atoms with Crippen molar-refractivity contribution < 1.29 is 9.00 Å². The van der Waals surface area contributed by atoms with Gasteiger partial charge in [0.05, 0.1) is 0 Å². The number of anilines is 1. The number of carbonyl (C=O) groups excluding carboxylic acids is 1. The van der Waals surface area contributed by atoms with E-state index in [9.17, 15) is 9.00 Å². The van der Waals surface area contributed by atoms with Gasteiger partial charge in [0, 0.05) is 27.4 Å². The molecular weight excluding hydrogens is 408 g/mol.